The summed E-state index contributed by atoms with van der Waals surface area (Å²) < 4.78 is 11.6. The van der Waals surface area contributed by atoms with Crippen molar-refractivity contribution in [3.8, 4) is 0 Å². The first-order valence-corrected chi connectivity index (χ1v) is 12.0. The molecule has 3 aromatic heterocycles. The van der Waals surface area contributed by atoms with Gasteiger partial charge in [-0.15, -0.1) is 0 Å². The predicted octanol–water partition coefficient (Wildman–Crippen LogP) is 5.31. The Labute approximate surface area is 208 Å². The molecule has 8 nitrogen and oxygen atoms in total. The number of hydrazone groups is 1. The molecule has 5 rings (SSSR count). The molecule has 1 aliphatic rings. The van der Waals surface area contributed by atoms with Crippen molar-refractivity contribution in [1.82, 2.24) is 10.4 Å². The number of benzene rings is 1. The normalized spacial score (nSPS) is 14.2. The Balaban J connectivity index is 1.33. The standard InChI is InChI=1S/C28H28N4O4/c1-15-8-9-23(29-13-15)30-28(34)27-18(4)26-20(6-5-7-21(26)36-27)31-32-24(33)12-19-14-35-22-11-16(2)10-17(3)25(19)22/h8-11,13-14H,5-7,12H2,1-4H3,(H,32,33)(H,29,30,34)/b31-20+. The molecule has 8 heteroatoms. The van der Waals surface area contributed by atoms with E-state index in [9.17, 15) is 9.59 Å². The van der Waals surface area contributed by atoms with Crippen LogP contribution in [-0.2, 0) is 17.6 Å². The zero-order valence-electron chi connectivity index (χ0n) is 20.8. The van der Waals surface area contributed by atoms with Crippen LogP contribution in [0.2, 0.25) is 0 Å². The quantitative estimate of drug-likeness (QED) is 0.373. The minimum absolute atomic E-state index is 0.155. The molecule has 184 valence electrons. The Morgan fingerprint density at radius 3 is 2.69 bits per heavy atom. The molecule has 0 saturated carbocycles. The highest BCUT2D eigenvalue weighted by molar-refractivity contribution is 6.09. The topological polar surface area (TPSA) is 110 Å². The lowest BCUT2D eigenvalue weighted by atomic mass is 9.93. The predicted molar refractivity (Wildman–Crippen MR) is 137 cm³/mol. The number of furan rings is 2. The van der Waals surface area contributed by atoms with Crippen LogP contribution in [0.25, 0.3) is 11.0 Å². The number of hydrogen-bond donors (Lipinski definition) is 2. The monoisotopic (exact) mass is 484 g/mol. The number of pyridine rings is 1. The fourth-order valence-corrected chi connectivity index (χ4v) is 4.81. The van der Waals surface area contributed by atoms with Gasteiger partial charge in [0, 0.05) is 34.7 Å². The van der Waals surface area contributed by atoms with Gasteiger partial charge in [0.05, 0.1) is 18.4 Å². The molecule has 2 N–H and O–H groups in total. The van der Waals surface area contributed by atoms with Crippen LogP contribution in [0.5, 0.6) is 0 Å². The number of carbonyl (C=O) groups excluding carboxylic acids is 2. The van der Waals surface area contributed by atoms with Crippen molar-refractivity contribution in [3.63, 3.8) is 0 Å². The van der Waals surface area contributed by atoms with E-state index in [1.54, 1.807) is 18.5 Å². The van der Waals surface area contributed by atoms with Gasteiger partial charge in [0.25, 0.3) is 5.91 Å². The highest BCUT2D eigenvalue weighted by atomic mass is 16.4. The Kier molecular flexibility index (Phi) is 6.18. The molecular weight excluding hydrogens is 456 g/mol. The third-order valence-corrected chi connectivity index (χ3v) is 6.44. The van der Waals surface area contributed by atoms with Crippen molar-refractivity contribution < 1.29 is 18.4 Å². The van der Waals surface area contributed by atoms with Gasteiger partial charge in [0.1, 0.15) is 17.2 Å². The van der Waals surface area contributed by atoms with Crippen molar-refractivity contribution in [2.45, 2.75) is 53.4 Å². The summed E-state index contributed by atoms with van der Waals surface area (Å²) in [6, 6.07) is 7.68. The molecule has 0 bridgehead atoms. The second-order valence-electron chi connectivity index (χ2n) is 9.37. The van der Waals surface area contributed by atoms with Crippen LogP contribution >= 0.6 is 0 Å². The summed E-state index contributed by atoms with van der Waals surface area (Å²) in [7, 11) is 0. The molecular formula is C28H28N4O4. The second kappa shape index (κ2) is 9.45. The fraction of sp³-hybridized carbons (Fsp3) is 0.286. The average Bonchev–Trinajstić information content (AvgIpc) is 3.40. The number of carbonyl (C=O) groups is 2. The zero-order chi connectivity index (χ0) is 25.4. The lowest BCUT2D eigenvalue weighted by molar-refractivity contribution is -0.120. The molecule has 0 atom stereocenters. The molecule has 0 radical (unpaired) electrons. The molecule has 2 amide bonds. The van der Waals surface area contributed by atoms with Crippen LogP contribution in [0.15, 0.2) is 50.7 Å². The van der Waals surface area contributed by atoms with Crippen molar-refractivity contribution >= 4 is 34.3 Å². The van der Waals surface area contributed by atoms with Crippen LogP contribution in [-0.4, -0.2) is 22.5 Å². The summed E-state index contributed by atoms with van der Waals surface area (Å²) in [5, 5.41) is 8.18. The maximum Gasteiger partial charge on any atom is 0.292 e. The Morgan fingerprint density at radius 2 is 1.92 bits per heavy atom. The summed E-state index contributed by atoms with van der Waals surface area (Å²) in [6.45, 7) is 7.80. The lowest BCUT2D eigenvalue weighted by Gasteiger charge is -2.13. The van der Waals surface area contributed by atoms with E-state index < -0.39 is 0 Å². The smallest absolute Gasteiger partial charge is 0.292 e. The van der Waals surface area contributed by atoms with E-state index in [1.807, 2.05) is 39.8 Å². The number of aromatic nitrogens is 1. The lowest BCUT2D eigenvalue weighted by Crippen LogP contribution is -2.23. The van der Waals surface area contributed by atoms with E-state index >= 15 is 0 Å². The number of nitrogens with one attached hydrogen (secondary N) is 2. The summed E-state index contributed by atoms with van der Waals surface area (Å²) in [6.07, 6.45) is 5.69. The maximum absolute atomic E-state index is 12.9. The molecule has 0 unspecified atom stereocenters. The van der Waals surface area contributed by atoms with Crippen molar-refractivity contribution in [2.75, 3.05) is 5.32 Å². The third kappa shape index (κ3) is 4.54. The number of fused-ring (bicyclic) bond motifs is 2. The number of nitrogens with zero attached hydrogens (tertiary/aromatic N) is 2. The van der Waals surface area contributed by atoms with Crippen molar-refractivity contribution in [2.24, 2.45) is 5.10 Å². The molecule has 0 saturated heterocycles. The molecule has 0 aliphatic heterocycles. The van der Waals surface area contributed by atoms with Crippen LogP contribution in [0.3, 0.4) is 0 Å². The summed E-state index contributed by atoms with van der Waals surface area (Å²) in [4.78, 5) is 29.9. The summed E-state index contributed by atoms with van der Waals surface area (Å²) in [5.41, 5.74) is 9.70. The van der Waals surface area contributed by atoms with E-state index in [-0.39, 0.29) is 24.0 Å². The average molecular weight is 485 g/mol. The molecule has 1 aliphatic carbocycles. The number of rotatable bonds is 5. The van der Waals surface area contributed by atoms with Gasteiger partial charge >= 0.3 is 0 Å². The summed E-state index contributed by atoms with van der Waals surface area (Å²) in [5.74, 6) is 0.804. The highest BCUT2D eigenvalue weighted by Gasteiger charge is 2.28. The molecule has 4 aromatic rings. The molecule has 1 aromatic carbocycles. The third-order valence-electron chi connectivity index (χ3n) is 6.44. The fourth-order valence-electron chi connectivity index (χ4n) is 4.81. The minimum Gasteiger partial charge on any atom is -0.464 e. The van der Waals surface area contributed by atoms with Crippen LogP contribution in [0.4, 0.5) is 5.82 Å². The van der Waals surface area contributed by atoms with Gasteiger partial charge in [-0.2, -0.15) is 5.10 Å². The highest BCUT2D eigenvalue weighted by Crippen LogP contribution is 2.30. The van der Waals surface area contributed by atoms with Crippen molar-refractivity contribution in [3.05, 3.63) is 81.6 Å². The largest absolute Gasteiger partial charge is 0.464 e. The second-order valence-corrected chi connectivity index (χ2v) is 9.37. The number of amides is 2. The maximum atomic E-state index is 12.9. The van der Waals surface area contributed by atoms with E-state index in [0.717, 1.165) is 45.2 Å². The van der Waals surface area contributed by atoms with Crippen molar-refractivity contribution in [1.29, 1.82) is 0 Å². The van der Waals surface area contributed by atoms with Gasteiger partial charge in [0.2, 0.25) is 5.91 Å². The Morgan fingerprint density at radius 1 is 1.08 bits per heavy atom. The van der Waals surface area contributed by atoms with Gasteiger partial charge in [-0.25, -0.2) is 10.4 Å². The van der Waals surface area contributed by atoms with Gasteiger partial charge < -0.3 is 14.2 Å². The van der Waals surface area contributed by atoms with Gasteiger partial charge in [-0.1, -0.05) is 12.1 Å². The number of hydrogen-bond acceptors (Lipinski definition) is 6. The van der Waals surface area contributed by atoms with Gasteiger partial charge in [-0.05, 0) is 69.4 Å². The van der Waals surface area contributed by atoms with Crippen LogP contribution in [0.1, 0.15) is 62.5 Å². The molecule has 0 fully saturated rings. The first-order chi connectivity index (χ1) is 17.3. The zero-order valence-corrected chi connectivity index (χ0v) is 20.8. The molecule has 0 spiro atoms. The summed E-state index contributed by atoms with van der Waals surface area (Å²) >= 11 is 0. The van der Waals surface area contributed by atoms with E-state index in [1.165, 1.54) is 0 Å². The van der Waals surface area contributed by atoms with Crippen LogP contribution < -0.4 is 10.7 Å². The first kappa shape index (κ1) is 23.5. The molecule has 3 heterocycles. The SMILES string of the molecule is Cc1ccc(NC(=O)c2oc3c(c2C)/C(=N/NC(=O)Cc2coc4cc(C)cc(C)c24)CCC3)nc1. The first-order valence-electron chi connectivity index (χ1n) is 12.0. The Bertz CT molecular complexity index is 1510. The minimum atomic E-state index is -0.362. The van der Waals surface area contributed by atoms with Gasteiger partial charge in [-0.3, -0.25) is 9.59 Å². The van der Waals surface area contributed by atoms with E-state index in [0.29, 0.717) is 35.7 Å². The Hall–Kier alpha value is -4.20. The van der Waals surface area contributed by atoms with E-state index in [4.69, 9.17) is 8.83 Å². The number of aryl methyl sites for hydroxylation is 4. The van der Waals surface area contributed by atoms with Gasteiger partial charge in [0.15, 0.2) is 5.76 Å². The van der Waals surface area contributed by atoms with E-state index in [2.05, 4.69) is 26.9 Å². The molecule has 36 heavy (non-hydrogen) atoms. The van der Waals surface area contributed by atoms with Crippen LogP contribution in [0, 0.1) is 27.7 Å². The number of anilines is 1.